The number of hydrogen-bond acceptors (Lipinski definition) is 7. The molecule has 4 aromatic carbocycles. The molecule has 1 amide bonds. The summed E-state index contributed by atoms with van der Waals surface area (Å²) in [5, 5.41) is 4.71. The van der Waals surface area contributed by atoms with Crippen LogP contribution in [0.3, 0.4) is 0 Å². The molecule has 0 aliphatic carbocycles. The number of carbonyl (C=O) groups excluding carboxylic acids is 2. The van der Waals surface area contributed by atoms with Gasteiger partial charge in [0.1, 0.15) is 18.1 Å². The van der Waals surface area contributed by atoms with E-state index in [1.54, 1.807) is 66.7 Å². The molecular weight excluding hydrogens is 600 g/mol. The minimum atomic E-state index is -0.603. The first-order chi connectivity index (χ1) is 19.4. The van der Waals surface area contributed by atoms with E-state index in [2.05, 4.69) is 26.5 Å². The predicted molar refractivity (Wildman–Crippen MR) is 156 cm³/mol. The molecule has 1 N–H and O–H groups in total. The summed E-state index contributed by atoms with van der Waals surface area (Å²) >= 11 is 9.34. The molecule has 0 atom stereocenters. The molecule has 8 nitrogen and oxygen atoms in total. The first kappa shape index (κ1) is 28.7. The van der Waals surface area contributed by atoms with Crippen molar-refractivity contribution in [3.05, 3.63) is 117 Å². The molecule has 10 heteroatoms. The van der Waals surface area contributed by atoms with Crippen LogP contribution in [-0.2, 0) is 6.61 Å². The van der Waals surface area contributed by atoms with Crippen molar-refractivity contribution in [1.82, 2.24) is 5.43 Å². The fraction of sp³-hybridized carbons (Fsp3) is 0.100. The zero-order valence-electron chi connectivity index (χ0n) is 21.5. The van der Waals surface area contributed by atoms with E-state index in [4.69, 9.17) is 30.5 Å². The largest absolute Gasteiger partial charge is 0.493 e. The monoisotopic (exact) mass is 622 g/mol. The fourth-order valence-electron chi connectivity index (χ4n) is 3.58. The summed E-state index contributed by atoms with van der Waals surface area (Å²) in [5.74, 6) is 0.457. The van der Waals surface area contributed by atoms with Crippen LogP contribution >= 0.6 is 27.5 Å². The first-order valence-corrected chi connectivity index (χ1v) is 13.1. The third-order valence-corrected chi connectivity index (χ3v) is 6.35. The highest BCUT2D eigenvalue weighted by atomic mass is 79.9. The Kier molecular flexibility index (Phi) is 9.77. The lowest BCUT2D eigenvalue weighted by Gasteiger charge is -2.11. The topological polar surface area (TPSA) is 95.5 Å². The number of amides is 1. The highest BCUT2D eigenvalue weighted by Crippen LogP contribution is 2.29. The van der Waals surface area contributed by atoms with E-state index in [-0.39, 0.29) is 17.9 Å². The van der Waals surface area contributed by atoms with E-state index in [0.29, 0.717) is 33.4 Å². The number of benzene rings is 4. The van der Waals surface area contributed by atoms with Crippen LogP contribution in [0.25, 0.3) is 0 Å². The molecule has 0 bridgehead atoms. The van der Waals surface area contributed by atoms with Crippen LogP contribution in [0.1, 0.15) is 31.8 Å². The van der Waals surface area contributed by atoms with Crippen LogP contribution < -0.4 is 24.4 Å². The van der Waals surface area contributed by atoms with Gasteiger partial charge in [-0.25, -0.2) is 10.2 Å². The second-order valence-corrected chi connectivity index (χ2v) is 9.60. The zero-order chi connectivity index (χ0) is 28.5. The van der Waals surface area contributed by atoms with Crippen molar-refractivity contribution < 1.29 is 28.5 Å². The number of nitrogens with zero attached hydrogens (tertiary/aromatic N) is 1. The Morgan fingerprint density at radius 2 is 1.60 bits per heavy atom. The number of ether oxygens (including phenoxy) is 4. The number of para-hydroxylation sites is 1. The van der Waals surface area contributed by atoms with E-state index in [0.717, 1.165) is 10.0 Å². The van der Waals surface area contributed by atoms with E-state index in [1.807, 2.05) is 12.1 Å². The summed E-state index contributed by atoms with van der Waals surface area (Å²) in [6.07, 6.45) is 1.39. The Hall–Kier alpha value is -4.34. The molecule has 0 saturated carbocycles. The normalized spacial score (nSPS) is 10.7. The third kappa shape index (κ3) is 7.40. The van der Waals surface area contributed by atoms with Crippen LogP contribution in [0.5, 0.6) is 23.0 Å². The lowest BCUT2D eigenvalue weighted by atomic mass is 10.2. The molecule has 40 heavy (non-hydrogen) atoms. The molecule has 0 radical (unpaired) electrons. The Balaban J connectivity index is 1.45. The highest BCUT2D eigenvalue weighted by Gasteiger charge is 2.16. The summed E-state index contributed by atoms with van der Waals surface area (Å²) in [5.41, 5.74) is 4.44. The molecule has 0 aliphatic rings. The van der Waals surface area contributed by atoms with Crippen molar-refractivity contribution in [2.45, 2.75) is 6.61 Å². The molecule has 4 rings (SSSR count). The number of nitrogens with one attached hydrogen (secondary N) is 1. The average Bonchev–Trinajstić information content (AvgIpc) is 2.97. The summed E-state index contributed by atoms with van der Waals surface area (Å²) in [6.45, 7) is 0.261. The number of hydrazone groups is 1. The Labute approximate surface area is 244 Å². The van der Waals surface area contributed by atoms with Crippen molar-refractivity contribution in [3.63, 3.8) is 0 Å². The molecule has 4 aromatic rings. The third-order valence-electron chi connectivity index (χ3n) is 5.60. The van der Waals surface area contributed by atoms with Gasteiger partial charge in [0, 0.05) is 15.1 Å². The van der Waals surface area contributed by atoms with Crippen LogP contribution in [0.2, 0.25) is 5.02 Å². The Morgan fingerprint density at radius 1 is 0.875 bits per heavy atom. The van der Waals surface area contributed by atoms with Crippen molar-refractivity contribution in [3.8, 4) is 23.0 Å². The minimum Gasteiger partial charge on any atom is -0.493 e. The maximum absolute atomic E-state index is 12.9. The molecule has 0 aromatic heterocycles. The van der Waals surface area contributed by atoms with Gasteiger partial charge in [-0.3, -0.25) is 4.79 Å². The van der Waals surface area contributed by atoms with E-state index < -0.39 is 11.9 Å². The van der Waals surface area contributed by atoms with Gasteiger partial charge in [0.25, 0.3) is 5.91 Å². The number of carbonyl (C=O) groups is 2. The molecule has 0 aliphatic heterocycles. The molecule has 0 spiro atoms. The smallest absolute Gasteiger partial charge is 0.343 e. The number of rotatable bonds is 10. The van der Waals surface area contributed by atoms with Gasteiger partial charge in [0.15, 0.2) is 11.5 Å². The highest BCUT2D eigenvalue weighted by molar-refractivity contribution is 9.10. The summed E-state index contributed by atoms with van der Waals surface area (Å²) in [4.78, 5) is 25.7. The zero-order valence-corrected chi connectivity index (χ0v) is 23.9. The number of halogens is 2. The van der Waals surface area contributed by atoms with Crippen LogP contribution in [0.4, 0.5) is 0 Å². The lowest BCUT2D eigenvalue weighted by Crippen LogP contribution is -2.19. The molecule has 0 saturated heterocycles. The number of methoxy groups -OCH3 is 2. The molecule has 0 heterocycles. The van der Waals surface area contributed by atoms with Gasteiger partial charge in [0.05, 0.1) is 31.6 Å². The lowest BCUT2D eigenvalue weighted by molar-refractivity contribution is 0.0733. The second kappa shape index (κ2) is 13.6. The van der Waals surface area contributed by atoms with Crippen molar-refractivity contribution in [2.24, 2.45) is 5.10 Å². The standard InChI is InChI=1S/C30H24BrClN2O6/c1-37-27-13-9-20(16-28(27)38-2)30(36)40-25-14-10-22(31)15-21(25)17-33-34-29(35)24-5-3-4-6-26(24)39-18-19-7-11-23(32)12-8-19/h3-17H,18H2,1-2H3,(H,34,35)/b33-17+. The van der Waals surface area contributed by atoms with Gasteiger partial charge in [-0.2, -0.15) is 5.10 Å². The van der Waals surface area contributed by atoms with Crippen LogP contribution in [-0.4, -0.2) is 32.3 Å². The maximum atomic E-state index is 12.9. The van der Waals surface area contributed by atoms with Gasteiger partial charge >= 0.3 is 5.97 Å². The second-order valence-electron chi connectivity index (χ2n) is 8.25. The maximum Gasteiger partial charge on any atom is 0.343 e. The minimum absolute atomic E-state index is 0.243. The molecule has 204 valence electrons. The van der Waals surface area contributed by atoms with Gasteiger partial charge < -0.3 is 18.9 Å². The number of esters is 1. The molecular formula is C30H24BrClN2O6. The Bertz CT molecular complexity index is 1540. The van der Waals surface area contributed by atoms with Crippen LogP contribution in [0, 0.1) is 0 Å². The predicted octanol–water partition coefficient (Wildman–Crippen LogP) is 6.68. The van der Waals surface area contributed by atoms with Crippen molar-refractivity contribution in [1.29, 1.82) is 0 Å². The summed E-state index contributed by atoms with van der Waals surface area (Å²) < 4.78 is 22.7. The van der Waals surface area contributed by atoms with Crippen LogP contribution in [0.15, 0.2) is 94.5 Å². The average molecular weight is 624 g/mol. The van der Waals surface area contributed by atoms with Gasteiger partial charge in [-0.15, -0.1) is 0 Å². The van der Waals surface area contributed by atoms with E-state index in [9.17, 15) is 9.59 Å². The van der Waals surface area contributed by atoms with E-state index in [1.165, 1.54) is 26.5 Å². The number of hydrogen-bond donors (Lipinski definition) is 1. The van der Waals surface area contributed by atoms with Crippen molar-refractivity contribution >= 4 is 45.6 Å². The van der Waals surface area contributed by atoms with Gasteiger partial charge in [-0.1, -0.05) is 51.8 Å². The van der Waals surface area contributed by atoms with E-state index >= 15 is 0 Å². The SMILES string of the molecule is COc1ccc(C(=O)Oc2ccc(Br)cc2/C=N/NC(=O)c2ccccc2OCc2ccc(Cl)cc2)cc1OC. The molecule has 0 unspecified atom stereocenters. The Morgan fingerprint density at radius 3 is 2.35 bits per heavy atom. The quantitative estimate of drug-likeness (QED) is 0.0916. The van der Waals surface area contributed by atoms with Gasteiger partial charge in [0.2, 0.25) is 0 Å². The van der Waals surface area contributed by atoms with Gasteiger partial charge in [-0.05, 0) is 66.2 Å². The first-order valence-electron chi connectivity index (χ1n) is 11.9. The fourth-order valence-corrected chi connectivity index (χ4v) is 4.08. The summed E-state index contributed by atoms with van der Waals surface area (Å²) in [6, 6.07) is 23.9. The summed E-state index contributed by atoms with van der Waals surface area (Å²) in [7, 11) is 2.99. The molecule has 0 fully saturated rings. The van der Waals surface area contributed by atoms with Crippen molar-refractivity contribution in [2.75, 3.05) is 14.2 Å².